The molecule has 2 heterocycles. The second kappa shape index (κ2) is 7.53. The first-order valence-corrected chi connectivity index (χ1v) is 7.84. The molecule has 1 aliphatic heterocycles. The van der Waals surface area contributed by atoms with Gasteiger partial charge in [0.05, 0.1) is 6.54 Å². The van der Waals surface area contributed by atoms with Gasteiger partial charge in [-0.1, -0.05) is 24.3 Å². The summed E-state index contributed by atoms with van der Waals surface area (Å²) in [5.74, 6) is 5.84. The van der Waals surface area contributed by atoms with Crippen LogP contribution in [0.3, 0.4) is 0 Å². The SMILES string of the molecule is CC(=O)CC(C)(O)C#CCN1CCCCC1c1cccnc1. The molecule has 0 aliphatic carbocycles. The number of likely N-dealkylation sites (tertiary alicyclic amines) is 1. The van der Waals surface area contributed by atoms with Crippen molar-refractivity contribution in [3.8, 4) is 11.8 Å². The van der Waals surface area contributed by atoms with E-state index < -0.39 is 5.60 Å². The summed E-state index contributed by atoms with van der Waals surface area (Å²) in [6, 6.07) is 4.41. The van der Waals surface area contributed by atoms with E-state index in [9.17, 15) is 9.90 Å². The van der Waals surface area contributed by atoms with Crippen LogP contribution >= 0.6 is 0 Å². The Labute approximate surface area is 132 Å². The number of hydrogen-bond donors (Lipinski definition) is 1. The molecular weight excluding hydrogens is 276 g/mol. The van der Waals surface area contributed by atoms with Gasteiger partial charge >= 0.3 is 0 Å². The van der Waals surface area contributed by atoms with Crippen molar-refractivity contribution in [2.45, 2.75) is 51.2 Å². The molecule has 118 valence electrons. The third kappa shape index (κ3) is 4.94. The molecule has 2 atom stereocenters. The van der Waals surface area contributed by atoms with Crippen LogP contribution in [0.15, 0.2) is 24.5 Å². The number of hydrogen-bond acceptors (Lipinski definition) is 4. The smallest absolute Gasteiger partial charge is 0.133 e. The van der Waals surface area contributed by atoms with Crippen molar-refractivity contribution in [3.63, 3.8) is 0 Å². The number of aliphatic hydroxyl groups is 1. The molecule has 2 rings (SSSR count). The van der Waals surface area contributed by atoms with Gasteiger partial charge < -0.3 is 5.11 Å². The van der Waals surface area contributed by atoms with Gasteiger partial charge in [-0.2, -0.15) is 0 Å². The lowest BCUT2D eigenvalue weighted by Gasteiger charge is -2.34. The Hall–Kier alpha value is -1.70. The maximum absolute atomic E-state index is 11.1. The lowest BCUT2D eigenvalue weighted by molar-refractivity contribution is -0.119. The van der Waals surface area contributed by atoms with Crippen LogP contribution in [0.4, 0.5) is 0 Å². The Balaban J connectivity index is 2.03. The van der Waals surface area contributed by atoms with Gasteiger partial charge in [-0.25, -0.2) is 0 Å². The zero-order valence-corrected chi connectivity index (χ0v) is 13.4. The standard InChI is InChI=1S/C18H24N2O2/c1-15(21)13-18(2,22)9-6-12-20-11-4-3-8-17(20)16-7-5-10-19-14-16/h5,7,10,14,17,22H,3-4,8,11-13H2,1-2H3. The van der Waals surface area contributed by atoms with E-state index in [2.05, 4.69) is 27.8 Å². The van der Waals surface area contributed by atoms with E-state index in [1.807, 2.05) is 12.3 Å². The molecular formula is C18H24N2O2. The van der Waals surface area contributed by atoms with Crippen molar-refractivity contribution in [1.29, 1.82) is 0 Å². The lowest BCUT2D eigenvalue weighted by Crippen LogP contribution is -2.34. The van der Waals surface area contributed by atoms with Crippen molar-refractivity contribution < 1.29 is 9.90 Å². The van der Waals surface area contributed by atoms with E-state index in [4.69, 9.17) is 0 Å². The normalized spacial score (nSPS) is 21.5. The van der Waals surface area contributed by atoms with Crippen LogP contribution in [0.5, 0.6) is 0 Å². The summed E-state index contributed by atoms with van der Waals surface area (Å²) in [4.78, 5) is 17.7. The average molecular weight is 300 g/mol. The largest absolute Gasteiger partial charge is 0.377 e. The number of piperidine rings is 1. The number of ketones is 1. The van der Waals surface area contributed by atoms with Crippen LogP contribution in [-0.2, 0) is 4.79 Å². The van der Waals surface area contributed by atoms with Crippen LogP contribution in [-0.4, -0.2) is 39.5 Å². The van der Waals surface area contributed by atoms with Crippen LogP contribution in [0.25, 0.3) is 0 Å². The third-order valence-electron chi connectivity index (χ3n) is 3.92. The summed E-state index contributed by atoms with van der Waals surface area (Å²) in [7, 11) is 0. The molecule has 1 aromatic rings. The molecule has 0 aromatic carbocycles. The van der Waals surface area contributed by atoms with E-state index in [0.29, 0.717) is 12.6 Å². The minimum absolute atomic E-state index is 0.0505. The van der Waals surface area contributed by atoms with Gasteiger partial charge in [-0.3, -0.25) is 14.7 Å². The minimum atomic E-state index is -1.23. The van der Waals surface area contributed by atoms with Gasteiger partial charge in [0, 0.05) is 24.9 Å². The minimum Gasteiger partial charge on any atom is -0.377 e. The number of rotatable bonds is 4. The van der Waals surface area contributed by atoms with E-state index in [0.717, 1.165) is 13.0 Å². The first-order valence-electron chi connectivity index (χ1n) is 7.84. The molecule has 4 heteroatoms. The fraction of sp³-hybridized carbons (Fsp3) is 0.556. The highest BCUT2D eigenvalue weighted by atomic mass is 16.3. The highest BCUT2D eigenvalue weighted by Crippen LogP contribution is 2.29. The van der Waals surface area contributed by atoms with Crippen molar-refractivity contribution in [1.82, 2.24) is 9.88 Å². The highest BCUT2D eigenvalue weighted by molar-refractivity contribution is 5.77. The van der Waals surface area contributed by atoms with Crippen LogP contribution < -0.4 is 0 Å². The molecule has 22 heavy (non-hydrogen) atoms. The van der Waals surface area contributed by atoms with Gasteiger partial charge in [-0.15, -0.1) is 0 Å². The zero-order chi connectivity index (χ0) is 16.0. The summed E-state index contributed by atoms with van der Waals surface area (Å²) >= 11 is 0. The molecule has 1 fully saturated rings. The fourth-order valence-corrected chi connectivity index (χ4v) is 2.99. The van der Waals surface area contributed by atoms with Gasteiger partial charge in [0.25, 0.3) is 0 Å². The van der Waals surface area contributed by atoms with Gasteiger partial charge in [0.2, 0.25) is 0 Å². The molecule has 0 bridgehead atoms. The third-order valence-corrected chi connectivity index (χ3v) is 3.92. The summed E-state index contributed by atoms with van der Waals surface area (Å²) < 4.78 is 0. The molecule has 0 radical (unpaired) electrons. The molecule has 1 aromatic heterocycles. The zero-order valence-electron chi connectivity index (χ0n) is 13.4. The number of carbonyl (C=O) groups is 1. The predicted octanol–water partition coefficient (Wildman–Crippen LogP) is 2.34. The Morgan fingerprint density at radius 3 is 3.05 bits per heavy atom. The summed E-state index contributed by atoms with van der Waals surface area (Å²) in [5.41, 5.74) is -0.00898. The van der Waals surface area contributed by atoms with Crippen molar-refractivity contribution in [3.05, 3.63) is 30.1 Å². The number of nitrogens with zero attached hydrogens (tertiary/aromatic N) is 2. The second-order valence-corrected chi connectivity index (χ2v) is 6.22. The summed E-state index contributed by atoms with van der Waals surface area (Å²) in [6.07, 6.45) is 7.27. The number of aromatic nitrogens is 1. The summed E-state index contributed by atoms with van der Waals surface area (Å²) in [5, 5.41) is 10.1. The van der Waals surface area contributed by atoms with E-state index in [1.165, 1.54) is 25.3 Å². The van der Waals surface area contributed by atoms with Gasteiger partial charge in [0.1, 0.15) is 11.4 Å². The Morgan fingerprint density at radius 2 is 2.36 bits per heavy atom. The molecule has 1 saturated heterocycles. The molecule has 0 amide bonds. The van der Waals surface area contributed by atoms with E-state index in [-0.39, 0.29) is 12.2 Å². The van der Waals surface area contributed by atoms with Crippen molar-refractivity contribution in [2.24, 2.45) is 0 Å². The highest BCUT2D eigenvalue weighted by Gasteiger charge is 2.24. The van der Waals surface area contributed by atoms with Crippen LogP contribution in [0, 0.1) is 11.8 Å². The number of Topliss-reactive ketones (excluding diaryl/α,β-unsaturated/α-hetero) is 1. The van der Waals surface area contributed by atoms with Crippen LogP contribution in [0.2, 0.25) is 0 Å². The second-order valence-electron chi connectivity index (χ2n) is 6.22. The Kier molecular flexibility index (Phi) is 5.70. The maximum atomic E-state index is 11.1. The Bertz CT molecular complexity index is 557. The predicted molar refractivity (Wildman–Crippen MR) is 86.1 cm³/mol. The van der Waals surface area contributed by atoms with E-state index >= 15 is 0 Å². The monoisotopic (exact) mass is 300 g/mol. The Morgan fingerprint density at radius 1 is 1.55 bits per heavy atom. The first kappa shape index (κ1) is 16.7. The maximum Gasteiger partial charge on any atom is 0.133 e. The topological polar surface area (TPSA) is 53.4 Å². The molecule has 1 aliphatic rings. The first-order chi connectivity index (χ1) is 10.5. The molecule has 1 N–H and O–H groups in total. The number of pyridine rings is 1. The fourth-order valence-electron chi connectivity index (χ4n) is 2.99. The summed E-state index contributed by atoms with van der Waals surface area (Å²) in [6.45, 7) is 4.67. The van der Waals surface area contributed by atoms with Gasteiger partial charge in [0.15, 0.2) is 0 Å². The molecule has 0 spiro atoms. The average Bonchev–Trinajstić information content (AvgIpc) is 2.47. The molecule has 2 unspecified atom stereocenters. The van der Waals surface area contributed by atoms with Gasteiger partial charge in [-0.05, 0) is 44.9 Å². The van der Waals surface area contributed by atoms with Crippen molar-refractivity contribution in [2.75, 3.05) is 13.1 Å². The van der Waals surface area contributed by atoms with Crippen LogP contribution in [0.1, 0.15) is 51.1 Å². The molecule has 4 nitrogen and oxygen atoms in total. The quantitative estimate of drug-likeness (QED) is 0.867. The number of carbonyl (C=O) groups excluding carboxylic acids is 1. The lowest BCUT2D eigenvalue weighted by atomic mass is 9.96. The van der Waals surface area contributed by atoms with Crippen molar-refractivity contribution >= 4 is 5.78 Å². The molecule has 0 saturated carbocycles. The van der Waals surface area contributed by atoms with E-state index in [1.54, 1.807) is 13.1 Å².